The van der Waals surface area contributed by atoms with Crippen LogP contribution in [0.15, 0.2) is 72.8 Å². The Balaban J connectivity index is 1.81. The number of nitrogens with one attached hydrogen (secondary N) is 1. The van der Waals surface area contributed by atoms with Crippen LogP contribution in [-0.4, -0.2) is 21.9 Å². The molecular formula is C22H19N5O2. The molecule has 4 aromatic rings. The van der Waals surface area contributed by atoms with E-state index in [0.29, 0.717) is 11.6 Å². The van der Waals surface area contributed by atoms with Gasteiger partial charge in [0.1, 0.15) is 5.69 Å². The number of rotatable bonds is 5. The van der Waals surface area contributed by atoms with Crippen LogP contribution in [0.2, 0.25) is 0 Å². The van der Waals surface area contributed by atoms with Crippen molar-refractivity contribution in [3.63, 3.8) is 0 Å². The van der Waals surface area contributed by atoms with E-state index in [4.69, 9.17) is 0 Å². The van der Waals surface area contributed by atoms with Crippen LogP contribution in [0, 0.1) is 17.0 Å². The molecule has 7 nitrogen and oxygen atoms in total. The number of aromatic nitrogens is 2. The minimum absolute atomic E-state index is 0.111. The van der Waals surface area contributed by atoms with Crippen LogP contribution in [0.4, 0.5) is 28.8 Å². The number of para-hydroxylation sites is 1. The van der Waals surface area contributed by atoms with Gasteiger partial charge in [-0.15, -0.1) is 0 Å². The van der Waals surface area contributed by atoms with Crippen molar-refractivity contribution in [2.45, 2.75) is 6.92 Å². The molecule has 144 valence electrons. The number of anilines is 4. The quantitative estimate of drug-likeness (QED) is 0.368. The topological polar surface area (TPSA) is 84.2 Å². The highest BCUT2D eigenvalue weighted by molar-refractivity contribution is 5.95. The molecule has 1 aromatic heterocycles. The van der Waals surface area contributed by atoms with Gasteiger partial charge >= 0.3 is 5.69 Å². The predicted molar refractivity (Wildman–Crippen MR) is 115 cm³/mol. The van der Waals surface area contributed by atoms with Gasteiger partial charge in [0.05, 0.1) is 4.92 Å². The third kappa shape index (κ3) is 3.58. The monoisotopic (exact) mass is 385 g/mol. The Kier molecular flexibility index (Phi) is 4.78. The number of nitrogens with zero attached hydrogens (tertiary/aromatic N) is 4. The molecule has 0 radical (unpaired) electrons. The van der Waals surface area contributed by atoms with Crippen LogP contribution in [0.1, 0.15) is 5.69 Å². The van der Waals surface area contributed by atoms with E-state index in [0.717, 1.165) is 22.1 Å². The van der Waals surface area contributed by atoms with Gasteiger partial charge in [-0.1, -0.05) is 54.6 Å². The Morgan fingerprint density at radius 1 is 0.931 bits per heavy atom. The van der Waals surface area contributed by atoms with Crippen molar-refractivity contribution < 1.29 is 4.92 Å². The van der Waals surface area contributed by atoms with Gasteiger partial charge in [-0.25, -0.2) is 4.98 Å². The first-order valence-corrected chi connectivity index (χ1v) is 9.11. The van der Waals surface area contributed by atoms with E-state index in [1.54, 1.807) is 18.9 Å². The second-order valence-electron chi connectivity index (χ2n) is 6.61. The van der Waals surface area contributed by atoms with Crippen molar-refractivity contribution in [1.29, 1.82) is 0 Å². The van der Waals surface area contributed by atoms with Crippen LogP contribution in [0.3, 0.4) is 0 Å². The van der Waals surface area contributed by atoms with Crippen molar-refractivity contribution >= 4 is 39.6 Å². The molecule has 0 saturated heterocycles. The van der Waals surface area contributed by atoms with Crippen LogP contribution < -0.4 is 10.2 Å². The lowest BCUT2D eigenvalue weighted by Crippen LogP contribution is -2.16. The van der Waals surface area contributed by atoms with E-state index in [2.05, 4.69) is 15.3 Å². The minimum atomic E-state index is -0.439. The van der Waals surface area contributed by atoms with Gasteiger partial charge in [-0.3, -0.25) is 10.1 Å². The SMILES string of the molecule is Cc1nc(Nc2cccc3ccccc23)nc(N(C)c2ccccc2)c1[N+](=O)[O-]. The molecule has 0 spiro atoms. The molecule has 0 saturated carbocycles. The molecule has 0 aliphatic carbocycles. The number of nitro groups is 1. The van der Waals surface area contributed by atoms with Crippen LogP contribution in [0.25, 0.3) is 10.8 Å². The van der Waals surface area contributed by atoms with Crippen LogP contribution >= 0.6 is 0 Å². The van der Waals surface area contributed by atoms with Crippen molar-refractivity contribution in [2.24, 2.45) is 0 Å². The first-order chi connectivity index (χ1) is 14.0. The summed E-state index contributed by atoms with van der Waals surface area (Å²) >= 11 is 0. The number of hydrogen-bond acceptors (Lipinski definition) is 6. The highest BCUT2D eigenvalue weighted by Gasteiger charge is 2.25. The second-order valence-corrected chi connectivity index (χ2v) is 6.61. The van der Waals surface area contributed by atoms with Gasteiger partial charge in [0.15, 0.2) is 0 Å². The van der Waals surface area contributed by atoms with E-state index in [1.165, 1.54) is 0 Å². The normalized spacial score (nSPS) is 10.7. The van der Waals surface area contributed by atoms with E-state index in [1.807, 2.05) is 72.8 Å². The minimum Gasteiger partial charge on any atom is -0.324 e. The molecule has 0 bridgehead atoms. The van der Waals surface area contributed by atoms with Crippen molar-refractivity contribution in [2.75, 3.05) is 17.3 Å². The average Bonchev–Trinajstić information content (AvgIpc) is 2.73. The van der Waals surface area contributed by atoms with Crippen LogP contribution in [0.5, 0.6) is 0 Å². The summed E-state index contributed by atoms with van der Waals surface area (Å²) in [6.07, 6.45) is 0. The summed E-state index contributed by atoms with van der Waals surface area (Å²) in [5, 5.41) is 17.0. The molecular weight excluding hydrogens is 366 g/mol. The first-order valence-electron chi connectivity index (χ1n) is 9.11. The zero-order valence-corrected chi connectivity index (χ0v) is 16.0. The Hall–Kier alpha value is -4.00. The summed E-state index contributed by atoms with van der Waals surface area (Å²) < 4.78 is 0. The summed E-state index contributed by atoms with van der Waals surface area (Å²) in [7, 11) is 1.76. The molecule has 29 heavy (non-hydrogen) atoms. The molecule has 1 N–H and O–H groups in total. The van der Waals surface area contributed by atoms with Gasteiger partial charge in [0, 0.05) is 23.8 Å². The van der Waals surface area contributed by atoms with E-state index < -0.39 is 4.92 Å². The lowest BCUT2D eigenvalue weighted by Gasteiger charge is -2.19. The molecule has 0 aliphatic rings. The number of benzene rings is 3. The lowest BCUT2D eigenvalue weighted by atomic mass is 10.1. The summed E-state index contributed by atoms with van der Waals surface area (Å²) in [5.74, 6) is 0.540. The van der Waals surface area contributed by atoms with Crippen LogP contribution in [-0.2, 0) is 0 Å². The molecule has 0 aliphatic heterocycles. The third-order valence-corrected chi connectivity index (χ3v) is 4.72. The van der Waals surface area contributed by atoms with Crippen molar-refractivity contribution in [1.82, 2.24) is 9.97 Å². The first kappa shape index (κ1) is 18.4. The van der Waals surface area contributed by atoms with Crippen molar-refractivity contribution in [3.05, 3.63) is 88.6 Å². The summed E-state index contributed by atoms with van der Waals surface area (Å²) in [5.41, 5.74) is 1.82. The third-order valence-electron chi connectivity index (χ3n) is 4.72. The Morgan fingerprint density at radius 3 is 2.38 bits per heavy atom. The maximum Gasteiger partial charge on any atom is 0.333 e. The van der Waals surface area contributed by atoms with Gasteiger partial charge in [0.25, 0.3) is 0 Å². The molecule has 1 heterocycles. The van der Waals surface area contributed by atoms with E-state index >= 15 is 0 Å². The fraction of sp³-hybridized carbons (Fsp3) is 0.0909. The highest BCUT2D eigenvalue weighted by Crippen LogP contribution is 2.34. The summed E-state index contributed by atoms with van der Waals surface area (Å²) in [6.45, 7) is 1.62. The van der Waals surface area contributed by atoms with Crippen molar-refractivity contribution in [3.8, 4) is 0 Å². The smallest absolute Gasteiger partial charge is 0.324 e. The number of hydrogen-bond donors (Lipinski definition) is 1. The lowest BCUT2D eigenvalue weighted by molar-refractivity contribution is -0.385. The Bertz CT molecular complexity index is 1190. The molecule has 0 unspecified atom stereocenters. The van der Waals surface area contributed by atoms with Gasteiger partial charge in [0.2, 0.25) is 11.8 Å². The maximum atomic E-state index is 11.7. The number of aryl methyl sites for hydroxylation is 1. The summed E-state index contributed by atoms with van der Waals surface area (Å²) in [4.78, 5) is 21.8. The van der Waals surface area contributed by atoms with Gasteiger partial charge in [-0.05, 0) is 30.5 Å². The molecule has 7 heteroatoms. The fourth-order valence-electron chi connectivity index (χ4n) is 3.28. The maximum absolute atomic E-state index is 11.7. The zero-order chi connectivity index (χ0) is 20.4. The predicted octanol–water partition coefficient (Wildman–Crippen LogP) is 5.36. The molecule has 4 rings (SSSR count). The Labute approximate surface area is 167 Å². The molecule has 0 atom stereocenters. The van der Waals surface area contributed by atoms with E-state index in [-0.39, 0.29) is 11.5 Å². The van der Waals surface area contributed by atoms with Gasteiger partial charge < -0.3 is 10.2 Å². The zero-order valence-electron chi connectivity index (χ0n) is 16.0. The molecule has 0 fully saturated rings. The Morgan fingerprint density at radius 2 is 1.62 bits per heavy atom. The van der Waals surface area contributed by atoms with E-state index in [9.17, 15) is 10.1 Å². The average molecular weight is 385 g/mol. The molecule has 3 aromatic carbocycles. The summed E-state index contributed by atoms with van der Waals surface area (Å²) in [6, 6.07) is 23.3. The highest BCUT2D eigenvalue weighted by atomic mass is 16.6. The fourth-order valence-corrected chi connectivity index (χ4v) is 3.28. The van der Waals surface area contributed by atoms with Gasteiger partial charge in [-0.2, -0.15) is 4.98 Å². The standard InChI is InChI=1S/C22H19N5O2/c1-15-20(27(28)29)21(26(2)17-11-4-3-5-12-17)25-22(23-15)24-19-14-8-10-16-9-6-7-13-18(16)19/h3-14H,1-2H3,(H,23,24,25). The molecule has 0 amide bonds. The largest absolute Gasteiger partial charge is 0.333 e. The second kappa shape index (κ2) is 7.55. The number of fused-ring (bicyclic) bond motifs is 1.